The Morgan fingerprint density at radius 2 is 1.27 bits per heavy atom. The number of piperidine rings is 1. The number of ether oxygens (including phenoxy) is 5. The van der Waals surface area contributed by atoms with Crippen molar-refractivity contribution >= 4 is 52.5 Å². The predicted molar refractivity (Wildman–Crippen MR) is 181 cm³/mol. The minimum atomic E-state index is -1.01. The molecule has 0 bridgehead atoms. The first-order chi connectivity index (χ1) is 23.8. The van der Waals surface area contributed by atoms with Crippen molar-refractivity contribution in [3.05, 3.63) is 65.7 Å². The highest BCUT2D eigenvalue weighted by Gasteiger charge is 2.44. The van der Waals surface area contributed by atoms with Crippen LogP contribution in [-0.2, 0) is 23.8 Å². The summed E-state index contributed by atoms with van der Waals surface area (Å²) in [7, 11) is 4.06. The van der Waals surface area contributed by atoms with Crippen molar-refractivity contribution in [2.45, 2.75) is 28.7 Å². The van der Waals surface area contributed by atoms with Gasteiger partial charge in [0.05, 0.1) is 62.1 Å². The van der Waals surface area contributed by atoms with Gasteiger partial charge in [-0.1, -0.05) is 11.8 Å². The molecule has 3 aromatic rings. The average molecular weight is 691 g/mol. The van der Waals surface area contributed by atoms with E-state index >= 15 is 0 Å². The summed E-state index contributed by atoms with van der Waals surface area (Å²) in [6.45, 7) is 3.01. The van der Waals surface area contributed by atoms with Crippen molar-refractivity contribution in [3.63, 3.8) is 0 Å². The lowest BCUT2D eigenvalue weighted by atomic mass is 10.0. The van der Waals surface area contributed by atoms with E-state index in [2.05, 4.69) is 33.7 Å². The fourth-order valence-electron chi connectivity index (χ4n) is 5.54. The molecule has 0 spiro atoms. The van der Waals surface area contributed by atoms with Gasteiger partial charge in [-0.2, -0.15) is 0 Å². The molecule has 1 atom stereocenters. The molecular weight excluding hydrogens is 652 g/mol. The minimum Gasteiger partial charge on any atom is -0.491 e. The number of hydrogen-bond donors (Lipinski definition) is 2. The van der Waals surface area contributed by atoms with Gasteiger partial charge in [0.15, 0.2) is 0 Å². The summed E-state index contributed by atoms with van der Waals surface area (Å²) in [5.74, 6) is -1.01. The number of anilines is 3. The molecule has 6 rings (SSSR count). The monoisotopic (exact) mass is 690 g/mol. The predicted octanol–water partition coefficient (Wildman–Crippen LogP) is 3.87. The van der Waals surface area contributed by atoms with Crippen LogP contribution >= 0.6 is 11.8 Å². The van der Waals surface area contributed by atoms with Crippen molar-refractivity contribution in [3.8, 4) is 11.5 Å². The van der Waals surface area contributed by atoms with Gasteiger partial charge >= 0.3 is 0 Å². The van der Waals surface area contributed by atoms with Crippen LogP contribution in [0.3, 0.4) is 0 Å². The second-order valence-electron chi connectivity index (χ2n) is 11.6. The molecule has 13 nitrogen and oxygen atoms in total. The molecule has 3 aromatic carbocycles. The van der Waals surface area contributed by atoms with Gasteiger partial charge in [0.2, 0.25) is 11.8 Å². The van der Waals surface area contributed by atoms with Crippen LogP contribution in [0, 0.1) is 0 Å². The molecule has 0 radical (unpaired) electrons. The molecule has 258 valence electrons. The molecule has 4 amide bonds. The summed E-state index contributed by atoms with van der Waals surface area (Å²) in [5.41, 5.74) is 3.67. The lowest BCUT2D eigenvalue weighted by molar-refractivity contribution is -0.136. The summed E-state index contributed by atoms with van der Waals surface area (Å²) in [6.07, 6.45) is 0.169. The second-order valence-corrected chi connectivity index (χ2v) is 12.7. The van der Waals surface area contributed by atoms with Crippen LogP contribution in [0.1, 0.15) is 33.6 Å². The zero-order chi connectivity index (χ0) is 34.3. The lowest BCUT2D eigenvalue weighted by Crippen LogP contribution is -2.54. The Hall–Kier alpha value is -4.63. The Morgan fingerprint density at radius 3 is 1.92 bits per heavy atom. The maximum Gasteiger partial charge on any atom is 0.262 e. The van der Waals surface area contributed by atoms with Crippen molar-refractivity contribution in [2.75, 3.05) is 77.2 Å². The van der Waals surface area contributed by atoms with Gasteiger partial charge in [0.25, 0.3) is 11.8 Å². The number of carbonyl (C=O) groups is 4. The van der Waals surface area contributed by atoms with Gasteiger partial charge in [-0.15, -0.1) is 0 Å². The standard InChI is InChI=1S/C35H38N4O9S/c1-38(2)22-3-7-27-30(19-22)49-31-21-24(5-8-28(31)36-27)48-18-16-46-14-12-44-11-13-45-15-17-47-23-4-6-25-26(20-23)35(43)39(34(25)42)29-9-10-32(40)37-33(29)41/h3-8,19-21,29,36H,9-18H2,1-2H3,(H,37,40,41). The number of rotatable bonds is 16. The summed E-state index contributed by atoms with van der Waals surface area (Å²) < 4.78 is 28.3. The van der Waals surface area contributed by atoms with Gasteiger partial charge in [0, 0.05) is 36.0 Å². The van der Waals surface area contributed by atoms with Crippen LogP contribution in [0.15, 0.2) is 64.4 Å². The number of amides is 4. The van der Waals surface area contributed by atoms with Crippen LogP contribution in [-0.4, -0.2) is 102 Å². The fourth-order valence-corrected chi connectivity index (χ4v) is 6.59. The Labute approximate surface area is 288 Å². The van der Waals surface area contributed by atoms with Crippen molar-refractivity contribution in [1.29, 1.82) is 0 Å². The maximum absolute atomic E-state index is 12.9. The Bertz CT molecular complexity index is 1730. The average Bonchev–Trinajstić information content (AvgIpc) is 3.33. The number of fused-ring (bicyclic) bond motifs is 3. The van der Waals surface area contributed by atoms with E-state index in [1.807, 2.05) is 32.3 Å². The molecule has 1 fully saturated rings. The van der Waals surface area contributed by atoms with Crippen LogP contribution in [0.4, 0.5) is 17.1 Å². The van der Waals surface area contributed by atoms with E-state index in [1.165, 1.54) is 17.0 Å². The van der Waals surface area contributed by atoms with Gasteiger partial charge in [0.1, 0.15) is 30.8 Å². The highest BCUT2D eigenvalue weighted by atomic mass is 32.2. The van der Waals surface area contributed by atoms with E-state index in [0.29, 0.717) is 52.0 Å². The summed E-state index contributed by atoms with van der Waals surface area (Å²) in [4.78, 5) is 54.7. The van der Waals surface area contributed by atoms with E-state index in [4.69, 9.17) is 23.7 Å². The van der Waals surface area contributed by atoms with Crippen molar-refractivity contribution in [2.24, 2.45) is 0 Å². The number of carbonyl (C=O) groups excluding carboxylic acids is 4. The van der Waals surface area contributed by atoms with E-state index < -0.39 is 29.7 Å². The number of nitrogens with one attached hydrogen (secondary N) is 2. The first kappa shape index (κ1) is 34.2. The van der Waals surface area contributed by atoms with Crippen molar-refractivity contribution < 1.29 is 42.9 Å². The van der Waals surface area contributed by atoms with Gasteiger partial charge < -0.3 is 33.9 Å². The molecule has 3 heterocycles. The molecule has 2 N–H and O–H groups in total. The third-order valence-electron chi connectivity index (χ3n) is 8.07. The van der Waals surface area contributed by atoms with Crippen molar-refractivity contribution in [1.82, 2.24) is 10.2 Å². The van der Waals surface area contributed by atoms with Crippen LogP contribution in [0.25, 0.3) is 0 Å². The highest BCUT2D eigenvalue weighted by molar-refractivity contribution is 7.99. The van der Waals surface area contributed by atoms with Gasteiger partial charge in [-0.3, -0.25) is 29.4 Å². The molecule has 0 saturated carbocycles. The molecule has 49 heavy (non-hydrogen) atoms. The molecule has 1 saturated heterocycles. The maximum atomic E-state index is 12.9. The molecule has 14 heteroatoms. The zero-order valence-electron chi connectivity index (χ0n) is 27.3. The van der Waals surface area contributed by atoms with E-state index in [0.717, 1.165) is 32.6 Å². The third-order valence-corrected chi connectivity index (χ3v) is 9.19. The quantitative estimate of drug-likeness (QED) is 0.130. The fraction of sp³-hybridized carbons (Fsp3) is 0.371. The highest BCUT2D eigenvalue weighted by Crippen LogP contribution is 2.46. The first-order valence-corrected chi connectivity index (χ1v) is 16.8. The summed E-state index contributed by atoms with van der Waals surface area (Å²) >= 11 is 1.72. The lowest BCUT2D eigenvalue weighted by Gasteiger charge is -2.27. The third kappa shape index (κ3) is 8.16. The number of nitrogens with zero attached hydrogens (tertiary/aromatic N) is 2. The molecule has 0 aliphatic carbocycles. The minimum absolute atomic E-state index is 0.0658. The van der Waals surface area contributed by atoms with Gasteiger partial charge in [-0.25, -0.2) is 0 Å². The molecular formula is C35H38N4O9S. The Morgan fingerprint density at radius 1 is 0.694 bits per heavy atom. The van der Waals surface area contributed by atoms with E-state index in [9.17, 15) is 19.2 Å². The summed E-state index contributed by atoms with van der Waals surface area (Å²) in [5, 5.41) is 5.67. The Kier molecular flexibility index (Phi) is 11.0. The number of hydrogen-bond acceptors (Lipinski definition) is 12. The van der Waals surface area contributed by atoms with Crippen LogP contribution < -0.4 is 25.0 Å². The van der Waals surface area contributed by atoms with E-state index in [-0.39, 0.29) is 30.6 Å². The topological polar surface area (TPSA) is 145 Å². The van der Waals surface area contributed by atoms with Crippen LogP contribution in [0.5, 0.6) is 11.5 Å². The van der Waals surface area contributed by atoms with Gasteiger partial charge in [-0.05, 0) is 61.0 Å². The summed E-state index contributed by atoms with van der Waals surface area (Å²) in [6, 6.07) is 16.0. The van der Waals surface area contributed by atoms with E-state index in [1.54, 1.807) is 17.8 Å². The Balaban J connectivity index is 0.806. The molecule has 3 aliphatic heterocycles. The second kappa shape index (κ2) is 15.7. The molecule has 1 unspecified atom stereocenters. The number of benzene rings is 3. The molecule has 3 aliphatic rings. The SMILES string of the molecule is CN(C)c1ccc2c(c1)Sc1cc(OCCOCCOCCOCCOc3ccc4c(c3)C(=O)N(C3CCC(=O)NC3=O)C4=O)ccc1N2. The molecule has 0 aromatic heterocycles. The largest absolute Gasteiger partial charge is 0.491 e. The zero-order valence-corrected chi connectivity index (χ0v) is 28.1. The van der Waals surface area contributed by atoms with Crippen LogP contribution in [0.2, 0.25) is 0 Å². The first-order valence-electron chi connectivity index (χ1n) is 16.0. The number of imide groups is 2. The smallest absolute Gasteiger partial charge is 0.262 e. The normalized spacial score (nSPS) is 16.4.